The third-order valence-electron chi connectivity index (χ3n) is 3.74. The quantitative estimate of drug-likeness (QED) is 0.556. The molecule has 3 heteroatoms. The summed E-state index contributed by atoms with van der Waals surface area (Å²) >= 11 is 0. The number of nitrogens with zero attached hydrogens (tertiary/aromatic N) is 1. The van der Waals surface area contributed by atoms with Crippen LogP contribution in [0.5, 0.6) is 0 Å². The molecule has 0 saturated carbocycles. The van der Waals surface area contributed by atoms with Crippen LogP contribution in [0.15, 0.2) is 24.3 Å². The minimum atomic E-state index is -1.15. The lowest BCUT2D eigenvalue weighted by Gasteiger charge is -2.20. The van der Waals surface area contributed by atoms with E-state index in [1.807, 2.05) is 0 Å². The van der Waals surface area contributed by atoms with Crippen molar-refractivity contribution in [1.29, 1.82) is 0 Å². The van der Waals surface area contributed by atoms with E-state index in [1.54, 1.807) is 5.19 Å². The summed E-state index contributed by atoms with van der Waals surface area (Å²) in [4.78, 5) is 2.50. The van der Waals surface area contributed by atoms with Crippen LogP contribution >= 0.6 is 0 Å². The number of hydrogen-bond donors (Lipinski definition) is 1. The predicted octanol–water partition coefficient (Wildman–Crippen LogP) is 3.05. The summed E-state index contributed by atoms with van der Waals surface area (Å²) < 4.78 is 0. The molecule has 0 spiro atoms. The van der Waals surface area contributed by atoms with Gasteiger partial charge in [-0.25, -0.2) is 0 Å². The van der Waals surface area contributed by atoms with Crippen molar-refractivity contribution in [3.63, 3.8) is 0 Å². The van der Waals surface area contributed by atoms with E-state index in [9.17, 15) is 0 Å². The fourth-order valence-electron chi connectivity index (χ4n) is 2.34. The van der Waals surface area contributed by atoms with Crippen molar-refractivity contribution >= 4 is 13.3 Å². The van der Waals surface area contributed by atoms with Crippen LogP contribution in [0.4, 0.5) is 0 Å². The second kappa shape index (κ2) is 8.60. The Hall–Kier alpha value is -0.643. The van der Waals surface area contributed by atoms with Crippen molar-refractivity contribution in [2.75, 3.05) is 26.2 Å². The third-order valence-corrected chi connectivity index (χ3v) is 5.81. The maximum Gasteiger partial charge on any atom is 0.0775 e. The van der Waals surface area contributed by atoms with Gasteiger partial charge in [-0.3, -0.25) is 0 Å². The van der Waals surface area contributed by atoms with Crippen molar-refractivity contribution in [2.45, 2.75) is 46.5 Å². The molecule has 1 aromatic rings. The van der Waals surface area contributed by atoms with Gasteiger partial charge in [0.05, 0.1) is 8.07 Å². The van der Waals surface area contributed by atoms with Crippen molar-refractivity contribution in [2.24, 2.45) is 0 Å². The highest BCUT2D eigenvalue weighted by atomic mass is 28.3. The van der Waals surface area contributed by atoms with Gasteiger partial charge in [0, 0.05) is 19.6 Å². The van der Waals surface area contributed by atoms with Crippen LogP contribution < -0.4 is 10.5 Å². The maximum atomic E-state index is 3.55. The SMILES string of the molecule is CCCN(CC)CCNCc1ccc([Si](C)(C)C)cc1. The molecule has 0 radical (unpaired) electrons. The Labute approximate surface area is 126 Å². The summed E-state index contributed by atoms with van der Waals surface area (Å²) in [5.74, 6) is 0. The predicted molar refractivity (Wildman–Crippen MR) is 93.5 cm³/mol. The first-order chi connectivity index (χ1) is 9.47. The lowest BCUT2D eigenvalue weighted by Crippen LogP contribution is -2.37. The molecule has 0 bridgehead atoms. The van der Waals surface area contributed by atoms with Gasteiger partial charge in [0.2, 0.25) is 0 Å². The van der Waals surface area contributed by atoms with E-state index in [1.165, 1.54) is 18.5 Å². The van der Waals surface area contributed by atoms with Gasteiger partial charge in [-0.15, -0.1) is 0 Å². The van der Waals surface area contributed by atoms with Crippen molar-refractivity contribution in [3.05, 3.63) is 29.8 Å². The number of benzene rings is 1. The number of nitrogens with one attached hydrogen (secondary N) is 1. The maximum absolute atomic E-state index is 3.55. The molecule has 0 aliphatic heterocycles. The summed E-state index contributed by atoms with van der Waals surface area (Å²) in [6, 6.07) is 9.20. The average Bonchev–Trinajstić information content (AvgIpc) is 2.42. The number of rotatable bonds is 9. The highest BCUT2D eigenvalue weighted by Gasteiger charge is 2.15. The molecule has 0 fully saturated rings. The molecule has 114 valence electrons. The molecular weight excluding hydrogens is 260 g/mol. The highest BCUT2D eigenvalue weighted by Crippen LogP contribution is 2.04. The summed E-state index contributed by atoms with van der Waals surface area (Å²) in [5.41, 5.74) is 1.39. The Bertz CT molecular complexity index is 368. The summed E-state index contributed by atoms with van der Waals surface area (Å²) in [6.45, 7) is 17.2. The van der Waals surface area contributed by atoms with Crippen LogP contribution in [0.2, 0.25) is 19.6 Å². The van der Waals surface area contributed by atoms with Gasteiger partial charge in [0.15, 0.2) is 0 Å². The first-order valence-electron chi connectivity index (χ1n) is 7.99. The second-order valence-electron chi connectivity index (χ2n) is 6.56. The van der Waals surface area contributed by atoms with E-state index in [0.29, 0.717) is 0 Å². The van der Waals surface area contributed by atoms with E-state index in [-0.39, 0.29) is 0 Å². The minimum Gasteiger partial charge on any atom is -0.311 e. The summed E-state index contributed by atoms with van der Waals surface area (Å²) in [7, 11) is -1.15. The molecule has 0 heterocycles. The van der Waals surface area contributed by atoms with E-state index in [4.69, 9.17) is 0 Å². The molecule has 1 N–H and O–H groups in total. The molecule has 0 amide bonds. The smallest absolute Gasteiger partial charge is 0.0775 e. The van der Waals surface area contributed by atoms with E-state index >= 15 is 0 Å². The monoisotopic (exact) mass is 292 g/mol. The van der Waals surface area contributed by atoms with Crippen LogP contribution in [-0.4, -0.2) is 39.2 Å². The highest BCUT2D eigenvalue weighted by molar-refractivity contribution is 6.88. The van der Waals surface area contributed by atoms with Gasteiger partial charge in [-0.1, -0.05) is 62.9 Å². The van der Waals surface area contributed by atoms with E-state index in [2.05, 4.69) is 68.0 Å². The fourth-order valence-corrected chi connectivity index (χ4v) is 3.50. The van der Waals surface area contributed by atoms with Crippen LogP contribution in [0.25, 0.3) is 0 Å². The Morgan fingerprint density at radius 1 is 1.00 bits per heavy atom. The molecule has 0 aliphatic rings. The topological polar surface area (TPSA) is 15.3 Å². The van der Waals surface area contributed by atoms with Crippen LogP contribution in [0.1, 0.15) is 25.8 Å². The Balaban J connectivity index is 2.32. The molecule has 1 rings (SSSR count). The number of likely N-dealkylation sites (N-methyl/N-ethyl adjacent to an activating group) is 1. The van der Waals surface area contributed by atoms with Gasteiger partial charge in [0.25, 0.3) is 0 Å². The standard InChI is InChI=1S/C17H32N2Si/c1-6-13-19(7-2)14-12-18-15-16-8-10-17(11-9-16)20(3,4)5/h8-11,18H,6-7,12-15H2,1-5H3. The molecule has 0 aliphatic carbocycles. The Kier molecular flexibility index (Phi) is 7.49. The zero-order valence-electron chi connectivity index (χ0n) is 14.0. The lowest BCUT2D eigenvalue weighted by atomic mass is 10.2. The minimum absolute atomic E-state index is 0.982. The van der Waals surface area contributed by atoms with Crippen LogP contribution in [0, 0.1) is 0 Å². The van der Waals surface area contributed by atoms with Gasteiger partial charge in [0.1, 0.15) is 0 Å². The zero-order valence-corrected chi connectivity index (χ0v) is 15.0. The summed E-state index contributed by atoms with van der Waals surface area (Å²) in [6.07, 6.45) is 1.24. The van der Waals surface area contributed by atoms with Gasteiger partial charge < -0.3 is 10.2 Å². The normalized spacial score (nSPS) is 12.1. The van der Waals surface area contributed by atoms with Crippen molar-refractivity contribution < 1.29 is 0 Å². The zero-order chi connectivity index (χ0) is 15.0. The van der Waals surface area contributed by atoms with Crippen molar-refractivity contribution in [3.8, 4) is 0 Å². The third kappa shape index (κ3) is 6.20. The summed E-state index contributed by atoms with van der Waals surface area (Å²) in [5, 5.41) is 5.10. The van der Waals surface area contributed by atoms with Crippen LogP contribution in [0.3, 0.4) is 0 Å². The average molecular weight is 293 g/mol. The molecule has 20 heavy (non-hydrogen) atoms. The number of hydrogen-bond acceptors (Lipinski definition) is 2. The largest absolute Gasteiger partial charge is 0.311 e. The Morgan fingerprint density at radius 2 is 1.65 bits per heavy atom. The van der Waals surface area contributed by atoms with Gasteiger partial charge in [-0.2, -0.15) is 0 Å². The van der Waals surface area contributed by atoms with Crippen molar-refractivity contribution in [1.82, 2.24) is 10.2 Å². The molecule has 1 aromatic carbocycles. The molecule has 2 nitrogen and oxygen atoms in total. The first kappa shape index (κ1) is 17.4. The molecule has 0 unspecified atom stereocenters. The second-order valence-corrected chi connectivity index (χ2v) is 11.6. The fraction of sp³-hybridized carbons (Fsp3) is 0.647. The first-order valence-corrected chi connectivity index (χ1v) is 11.5. The van der Waals surface area contributed by atoms with E-state index < -0.39 is 8.07 Å². The Morgan fingerprint density at radius 3 is 2.15 bits per heavy atom. The van der Waals surface area contributed by atoms with Gasteiger partial charge >= 0.3 is 0 Å². The molecule has 0 aromatic heterocycles. The van der Waals surface area contributed by atoms with Crippen LogP contribution in [-0.2, 0) is 6.54 Å². The van der Waals surface area contributed by atoms with E-state index in [0.717, 1.165) is 26.2 Å². The van der Waals surface area contributed by atoms with Gasteiger partial charge in [-0.05, 0) is 25.1 Å². The molecule has 0 saturated heterocycles. The molecular formula is C17H32N2Si. The molecule has 0 atom stereocenters. The lowest BCUT2D eigenvalue weighted by molar-refractivity contribution is 0.287.